The summed E-state index contributed by atoms with van der Waals surface area (Å²) in [6.45, 7) is 2.27. The van der Waals surface area contributed by atoms with Crippen LogP contribution in [0.5, 0.6) is 5.75 Å². The van der Waals surface area contributed by atoms with Gasteiger partial charge in [0, 0.05) is 5.56 Å². The van der Waals surface area contributed by atoms with E-state index in [0.717, 1.165) is 5.56 Å². The molecular weight excluding hydrogens is 422 g/mol. The molecule has 3 rings (SSSR count). The molecule has 1 atom stereocenters. The average molecular weight is 437 g/mol. The van der Waals surface area contributed by atoms with E-state index in [0.29, 0.717) is 22.9 Å². The average Bonchev–Trinajstić information content (AvgIpc) is 3.34. The zero-order valence-electron chi connectivity index (χ0n) is 13.9. The number of Topliss-reactive ketones (excluding diaryl/α,β-unsaturated/α-hetero) is 1. The zero-order chi connectivity index (χ0) is 18.7. The summed E-state index contributed by atoms with van der Waals surface area (Å²) in [5.74, 6) is -0.512. The maximum absolute atomic E-state index is 12.6. The maximum Gasteiger partial charge on any atom is 0.356 e. The Balaban J connectivity index is 1.68. The Hall–Kier alpha value is -2.18. The number of carbonyl (C=O) groups is 2. The Bertz CT molecular complexity index is 884. The number of rotatable bonds is 7. The minimum atomic E-state index is -1.35. The second kappa shape index (κ2) is 7.60. The van der Waals surface area contributed by atoms with Gasteiger partial charge in [-0.05, 0) is 46.6 Å². The second-order valence-electron chi connectivity index (χ2n) is 5.55. The molecule has 134 valence electrons. The first-order valence-electron chi connectivity index (χ1n) is 7.93. The van der Waals surface area contributed by atoms with Gasteiger partial charge in [-0.15, -0.1) is 0 Å². The van der Waals surface area contributed by atoms with Crippen LogP contribution in [0.15, 0.2) is 53.5 Å². The highest BCUT2D eigenvalue weighted by Gasteiger charge is 2.56. The van der Waals surface area contributed by atoms with Crippen molar-refractivity contribution in [3.8, 4) is 5.75 Å². The predicted molar refractivity (Wildman–Crippen MR) is 102 cm³/mol. The van der Waals surface area contributed by atoms with Gasteiger partial charge in [0.15, 0.2) is 5.71 Å². The fourth-order valence-corrected chi connectivity index (χ4v) is 3.15. The molecular formula is C19H15BrClNO4. The van der Waals surface area contributed by atoms with Gasteiger partial charge in [0.2, 0.25) is 10.2 Å². The molecule has 0 fully saturated rings. The molecule has 0 N–H and O–H groups in total. The number of ketones is 1. The topological polar surface area (TPSA) is 65.0 Å². The summed E-state index contributed by atoms with van der Waals surface area (Å²) in [5.41, 5.74) is 1.39. The van der Waals surface area contributed by atoms with Crippen LogP contribution in [0.1, 0.15) is 22.8 Å². The molecule has 1 heterocycles. The van der Waals surface area contributed by atoms with Gasteiger partial charge < -0.3 is 9.47 Å². The number of halogens is 2. The number of hydrogen-bond acceptors (Lipinski definition) is 5. The van der Waals surface area contributed by atoms with Crippen molar-refractivity contribution < 1.29 is 19.1 Å². The van der Waals surface area contributed by atoms with E-state index in [1.165, 1.54) is 6.07 Å². The zero-order valence-corrected chi connectivity index (χ0v) is 16.2. The van der Waals surface area contributed by atoms with Gasteiger partial charge in [0.25, 0.3) is 0 Å². The molecule has 2 aromatic carbocycles. The second-order valence-corrected chi connectivity index (χ2v) is 7.11. The number of ether oxygens (including phenoxy) is 2. The van der Waals surface area contributed by atoms with Gasteiger partial charge >= 0.3 is 5.97 Å². The fraction of sp³-hybridized carbons (Fsp3) is 0.211. The molecule has 0 saturated heterocycles. The lowest BCUT2D eigenvalue weighted by atomic mass is 10.1. The predicted octanol–water partition coefficient (Wildman–Crippen LogP) is 4.21. The van der Waals surface area contributed by atoms with E-state index in [1.54, 1.807) is 19.1 Å². The molecule has 0 bridgehead atoms. The highest BCUT2D eigenvalue weighted by atomic mass is 79.9. The van der Waals surface area contributed by atoms with E-state index in [4.69, 9.17) is 21.1 Å². The van der Waals surface area contributed by atoms with Crippen LogP contribution in [0.25, 0.3) is 0 Å². The molecule has 0 spiro atoms. The van der Waals surface area contributed by atoms with Crippen molar-refractivity contribution in [1.82, 2.24) is 0 Å². The van der Waals surface area contributed by atoms with Crippen LogP contribution < -0.4 is 4.74 Å². The van der Waals surface area contributed by atoms with Gasteiger partial charge in [-0.2, -0.15) is 0 Å². The van der Waals surface area contributed by atoms with Gasteiger partial charge in [-0.1, -0.05) is 41.9 Å². The van der Waals surface area contributed by atoms with Crippen molar-refractivity contribution in [2.75, 3.05) is 6.61 Å². The summed E-state index contributed by atoms with van der Waals surface area (Å²) < 4.78 is 9.21. The number of esters is 1. The van der Waals surface area contributed by atoms with Crippen molar-refractivity contribution in [3.05, 3.63) is 64.7 Å². The van der Waals surface area contributed by atoms with Crippen LogP contribution in [0.4, 0.5) is 0 Å². The Morgan fingerprint density at radius 1 is 1.19 bits per heavy atom. The molecule has 2 aromatic rings. The molecule has 1 aliphatic heterocycles. The third-order valence-corrected chi connectivity index (χ3v) is 4.94. The smallest absolute Gasteiger partial charge is 0.356 e. The maximum atomic E-state index is 12.6. The quantitative estimate of drug-likeness (QED) is 0.282. The van der Waals surface area contributed by atoms with Gasteiger partial charge in [-0.3, -0.25) is 4.79 Å². The van der Waals surface area contributed by atoms with E-state index >= 15 is 0 Å². The van der Waals surface area contributed by atoms with E-state index < -0.39 is 10.4 Å². The van der Waals surface area contributed by atoms with Gasteiger partial charge in [0.05, 0.1) is 11.6 Å². The van der Waals surface area contributed by atoms with Crippen LogP contribution in [-0.2, 0) is 16.1 Å². The first-order chi connectivity index (χ1) is 12.5. The summed E-state index contributed by atoms with van der Waals surface area (Å²) >= 11 is 9.44. The summed E-state index contributed by atoms with van der Waals surface area (Å²) in [6.07, 6.45) is 0. The lowest BCUT2D eigenvalue weighted by Gasteiger charge is -2.11. The molecule has 0 aliphatic carbocycles. The SMILES string of the molecule is CCOC(=O)C1=NC1(Br)C(=O)c1ccc(OCc2ccccc2)c(Cl)c1. The molecule has 0 saturated carbocycles. The van der Waals surface area contributed by atoms with Crippen LogP contribution in [0.2, 0.25) is 5.02 Å². The molecule has 0 aromatic heterocycles. The minimum Gasteiger partial charge on any atom is -0.487 e. The summed E-state index contributed by atoms with van der Waals surface area (Å²) in [5, 5.41) is 0.307. The lowest BCUT2D eigenvalue weighted by molar-refractivity contribution is -0.134. The molecule has 1 unspecified atom stereocenters. The molecule has 5 nitrogen and oxygen atoms in total. The van der Waals surface area contributed by atoms with Crippen molar-refractivity contribution in [3.63, 3.8) is 0 Å². The van der Waals surface area contributed by atoms with Crippen molar-refractivity contribution in [2.24, 2.45) is 4.99 Å². The van der Waals surface area contributed by atoms with Crippen molar-refractivity contribution >= 4 is 45.0 Å². The van der Waals surface area contributed by atoms with Crippen LogP contribution >= 0.6 is 27.5 Å². The standard InChI is InChI=1S/C19H15BrClNO4/c1-2-25-18(24)16-19(20,22-16)17(23)13-8-9-15(14(21)10-13)26-11-12-6-4-3-5-7-12/h3-10H,2,11H2,1H3. The summed E-state index contributed by atoms with van der Waals surface area (Å²) in [4.78, 5) is 28.3. The van der Waals surface area contributed by atoms with Crippen molar-refractivity contribution in [2.45, 2.75) is 18.0 Å². The molecule has 7 heteroatoms. The molecule has 26 heavy (non-hydrogen) atoms. The van der Waals surface area contributed by atoms with E-state index in [9.17, 15) is 9.59 Å². The number of hydrogen-bond donors (Lipinski definition) is 0. The highest BCUT2D eigenvalue weighted by molar-refractivity contribution is 9.10. The monoisotopic (exact) mass is 435 g/mol. The summed E-state index contributed by atoms with van der Waals surface area (Å²) in [7, 11) is 0. The Morgan fingerprint density at radius 2 is 1.92 bits per heavy atom. The number of carbonyl (C=O) groups excluding carboxylic acids is 2. The number of alkyl halides is 1. The van der Waals surface area contributed by atoms with Gasteiger partial charge in [-0.25, -0.2) is 9.79 Å². The Morgan fingerprint density at radius 3 is 2.58 bits per heavy atom. The van der Waals surface area contributed by atoms with Crippen LogP contribution in [0.3, 0.4) is 0 Å². The van der Waals surface area contributed by atoms with E-state index in [-0.39, 0.29) is 18.1 Å². The first-order valence-corrected chi connectivity index (χ1v) is 9.10. The molecule has 0 amide bonds. The number of benzene rings is 2. The normalized spacial score (nSPS) is 18.0. The van der Waals surface area contributed by atoms with E-state index in [2.05, 4.69) is 20.9 Å². The van der Waals surface area contributed by atoms with Crippen molar-refractivity contribution in [1.29, 1.82) is 0 Å². The lowest BCUT2D eigenvalue weighted by Crippen LogP contribution is -2.28. The van der Waals surface area contributed by atoms with Crippen LogP contribution in [0, 0.1) is 0 Å². The first kappa shape index (κ1) is 18.6. The van der Waals surface area contributed by atoms with Crippen LogP contribution in [-0.4, -0.2) is 28.5 Å². The fourth-order valence-electron chi connectivity index (χ4n) is 2.35. The third kappa shape index (κ3) is 3.81. The Kier molecular flexibility index (Phi) is 5.44. The highest BCUT2D eigenvalue weighted by Crippen LogP contribution is 2.40. The summed E-state index contributed by atoms with van der Waals surface area (Å²) in [6, 6.07) is 14.4. The third-order valence-electron chi connectivity index (χ3n) is 3.73. The molecule has 1 aliphatic rings. The largest absolute Gasteiger partial charge is 0.487 e. The number of aliphatic imine (C=N–C) groups is 1. The minimum absolute atomic E-state index is 0.0601. The van der Waals surface area contributed by atoms with E-state index in [1.807, 2.05) is 30.3 Å². The number of nitrogens with zero attached hydrogens (tertiary/aromatic N) is 1. The van der Waals surface area contributed by atoms with Gasteiger partial charge in [0.1, 0.15) is 12.4 Å². The molecule has 0 radical (unpaired) electrons. The Labute approximate surface area is 164 Å².